The standard InChI is InChI=1S/C20H19N3S2/c1-14-10-12-25-19(14)18-17(16-9-5-6-11-21-16)22-20(24)23(18)13-15-7-3-2-4-8-15/h2-12,17-18H,13H2,1H3,(H,22,24)/t17-,18+/m1/s1. The van der Waals surface area contributed by atoms with E-state index in [1.54, 1.807) is 11.3 Å². The molecular weight excluding hydrogens is 346 g/mol. The first kappa shape index (κ1) is 16.2. The Morgan fingerprint density at radius 2 is 1.92 bits per heavy atom. The molecule has 1 aliphatic heterocycles. The second-order valence-corrected chi connectivity index (χ2v) is 7.54. The minimum Gasteiger partial charge on any atom is -0.352 e. The van der Waals surface area contributed by atoms with E-state index >= 15 is 0 Å². The van der Waals surface area contributed by atoms with Gasteiger partial charge in [-0.25, -0.2) is 0 Å². The number of aromatic nitrogens is 1. The molecule has 3 aromatic rings. The topological polar surface area (TPSA) is 28.2 Å². The summed E-state index contributed by atoms with van der Waals surface area (Å²) in [6.07, 6.45) is 1.85. The average molecular weight is 366 g/mol. The molecule has 0 spiro atoms. The monoisotopic (exact) mass is 365 g/mol. The summed E-state index contributed by atoms with van der Waals surface area (Å²) in [5.74, 6) is 0. The van der Waals surface area contributed by atoms with E-state index < -0.39 is 0 Å². The highest BCUT2D eigenvalue weighted by molar-refractivity contribution is 7.80. The molecule has 1 saturated heterocycles. The van der Waals surface area contributed by atoms with E-state index in [9.17, 15) is 0 Å². The molecule has 25 heavy (non-hydrogen) atoms. The number of hydrogen-bond acceptors (Lipinski definition) is 3. The summed E-state index contributed by atoms with van der Waals surface area (Å²) in [7, 11) is 0. The highest BCUT2D eigenvalue weighted by Gasteiger charge is 2.40. The van der Waals surface area contributed by atoms with E-state index in [1.165, 1.54) is 16.0 Å². The summed E-state index contributed by atoms with van der Waals surface area (Å²) in [6, 6.07) is 18.9. The van der Waals surface area contributed by atoms with Crippen molar-refractivity contribution in [1.29, 1.82) is 0 Å². The number of aryl methyl sites for hydroxylation is 1. The van der Waals surface area contributed by atoms with Gasteiger partial charge in [0.1, 0.15) is 0 Å². The van der Waals surface area contributed by atoms with Crippen LogP contribution < -0.4 is 5.32 Å². The smallest absolute Gasteiger partial charge is 0.170 e. The molecule has 3 nitrogen and oxygen atoms in total. The van der Waals surface area contributed by atoms with Gasteiger partial charge in [-0.2, -0.15) is 0 Å². The largest absolute Gasteiger partial charge is 0.352 e. The maximum atomic E-state index is 5.70. The van der Waals surface area contributed by atoms with Crippen molar-refractivity contribution in [2.75, 3.05) is 0 Å². The van der Waals surface area contributed by atoms with Crippen molar-refractivity contribution in [3.8, 4) is 0 Å². The van der Waals surface area contributed by atoms with Gasteiger partial charge in [-0.3, -0.25) is 4.98 Å². The van der Waals surface area contributed by atoms with E-state index in [0.717, 1.165) is 17.4 Å². The van der Waals surface area contributed by atoms with Crippen LogP contribution >= 0.6 is 23.6 Å². The van der Waals surface area contributed by atoms with Crippen molar-refractivity contribution >= 4 is 28.7 Å². The molecule has 1 aromatic carbocycles. The van der Waals surface area contributed by atoms with Gasteiger partial charge in [0.25, 0.3) is 0 Å². The lowest BCUT2D eigenvalue weighted by atomic mass is 10.0. The SMILES string of the molecule is Cc1ccsc1[C@@H]1[C@@H](c2ccccn2)NC(=S)N1Cc1ccccc1. The first-order valence-corrected chi connectivity index (χ1v) is 9.59. The number of thiophene rings is 1. The van der Waals surface area contributed by atoms with E-state index in [2.05, 4.69) is 63.9 Å². The average Bonchev–Trinajstić information content (AvgIpc) is 3.20. The lowest BCUT2D eigenvalue weighted by Gasteiger charge is -2.27. The van der Waals surface area contributed by atoms with E-state index in [-0.39, 0.29) is 12.1 Å². The number of nitrogens with zero attached hydrogens (tertiary/aromatic N) is 2. The van der Waals surface area contributed by atoms with E-state index in [1.807, 2.05) is 24.4 Å². The fourth-order valence-electron chi connectivity index (χ4n) is 3.33. The molecular formula is C20H19N3S2. The number of hydrogen-bond donors (Lipinski definition) is 1. The lowest BCUT2D eigenvalue weighted by Crippen LogP contribution is -2.29. The zero-order valence-corrected chi connectivity index (χ0v) is 15.6. The molecule has 0 bridgehead atoms. The summed E-state index contributed by atoms with van der Waals surface area (Å²) in [5, 5.41) is 6.45. The third kappa shape index (κ3) is 3.17. The maximum absolute atomic E-state index is 5.70. The highest BCUT2D eigenvalue weighted by Crippen LogP contribution is 2.42. The fraction of sp³-hybridized carbons (Fsp3) is 0.200. The van der Waals surface area contributed by atoms with E-state index in [4.69, 9.17) is 12.2 Å². The van der Waals surface area contributed by atoms with Crippen LogP contribution in [0, 0.1) is 6.92 Å². The van der Waals surface area contributed by atoms with Gasteiger partial charge in [0.2, 0.25) is 0 Å². The van der Waals surface area contributed by atoms with Crippen molar-refractivity contribution in [2.24, 2.45) is 0 Å². The number of benzene rings is 1. The lowest BCUT2D eigenvalue weighted by molar-refractivity contribution is 0.315. The number of nitrogens with one attached hydrogen (secondary N) is 1. The Hall–Kier alpha value is -2.24. The molecule has 2 aromatic heterocycles. The molecule has 5 heteroatoms. The molecule has 0 unspecified atom stereocenters. The predicted molar refractivity (Wildman–Crippen MR) is 106 cm³/mol. The Labute approximate surface area is 157 Å². The van der Waals surface area contributed by atoms with Crippen molar-refractivity contribution in [3.63, 3.8) is 0 Å². The zero-order valence-electron chi connectivity index (χ0n) is 13.9. The Morgan fingerprint density at radius 3 is 2.60 bits per heavy atom. The first-order chi connectivity index (χ1) is 12.2. The number of pyridine rings is 1. The molecule has 3 heterocycles. The third-order valence-corrected chi connectivity index (χ3v) is 6.01. The predicted octanol–water partition coefficient (Wildman–Crippen LogP) is 4.62. The van der Waals surface area contributed by atoms with Crippen molar-refractivity contribution in [3.05, 3.63) is 87.9 Å². The number of rotatable bonds is 4. The summed E-state index contributed by atoms with van der Waals surface area (Å²) in [6.45, 7) is 2.96. The van der Waals surface area contributed by atoms with Crippen LogP contribution in [0.2, 0.25) is 0 Å². The second-order valence-electron chi connectivity index (χ2n) is 6.21. The van der Waals surface area contributed by atoms with Gasteiger partial charge in [0.15, 0.2) is 5.11 Å². The van der Waals surface area contributed by atoms with Crippen LogP contribution in [0.5, 0.6) is 0 Å². The molecule has 126 valence electrons. The molecule has 4 rings (SSSR count). The molecule has 0 radical (unpaired) electrons. The van der Waals surface area contributed by atoms with Crippen molar-refractivity contribution < 1.29 is 0 Å². The summed E-state index contributed by atoms with van der Waals surface area (Å²) < 4.78 is 0. The van der Waals surface area contributed by atoms with Crippen LogP contribution in [0.4, 0.5) is 0 Å². The fourth-order valence-corrected chi connectivity index (χ4v) is 4.71. The first-order valence-electron chi connectivity index (χ1n) is 8.30. The van der Waals surface area contributed by atoms with Crippen LogP contribution in [0.1, 0.15) is 33.8 Å². The van der Waals surface area contributed by atoms with Crippen LogP contribution in [0.3, 0.4) is 0 Å². The Balaban J connectivity index is 1.74. The molecule has 0 amide bonds. The molecule has 1 N–H and O–H groups in total. The van der Waals surface area contributed by atoms with Gasteiger partial charge < -0.3 is 10.2 Å². The summed E-state index contributed by atoms with van der Waals surface area (Å²) >= 11 is 7.50. The third-order valence-electron chi connectivity index (χ3n) is 4.56. The van der Waals surface area contributed by atoms with E-state index in [0.29, 0.717) is 0 Å². The van der Waals surface area contributed by atoms with Crippen LogP contribution in [0.15, 0.2) is 66.2 Å². The van der Waals surface area contributed by atoms with Gasteiger partial charge >= 0.3 is 0 Å². The van der Waals surface area contributed by atoms with Gasteiger partial charge in [0, 0.05) is 17.6 Å². The van der Waals surface area contributed by atoms with Crippen molar-refractivity contribution in [2.45, 2.75) is 25.6 Å². The highest BCUT2D eigenvalue weighted by atomic mass is 32.1. The molecule has 2 atom stereocenters. The summed E-state index contributed by atoms with van der Waals surface area (Å²) in [5.41, 5.74) is 3.59. The normalized spacial score (nSPS) is 19.9. The Kier molecular flexibility index (Phi) is 4.51. The number of thiocarbonyl (C=S) groups is 1. The van der Waals surface area contributed by atoms with Crippen LogP contribution in [-0.2, 0) is 6.54 Å². The van der Waals surface area contributed by atoms with Crippen molar-refractivity contribution in [1.82, 2.24) is 15.2 Å². The van der Waals surface area contributed by atoms with Gasteiger partial charge in [-0.15, -0.1) is 11.3 Å². The Bertz CT molecular complexity index is 861. The van der Waals surface area contributed by atoms with Gasteiger partial charge in [-0.05, 0) is 53.8 Å². The molecule has 0 aliphatic carbocycles. The van der Waals surface area contributed by atoms with Gasteiger partial charge in [-0.1, -0.05) is 36.4 Å². The maximum Gasteiger partial charge on any atom is 0.170 e. The van der Waals surface area contributed by atoms with Gasteiger partial charge in [0.05, 0.1) is 17.8 Å². The Morgan fingerprint density at radius 1 is 1.12 bits per heavy atom. The zero-order chi connectivity index (χ0) is 17.2. The molecule has 1 fully saturated rings. The van der Waals surface area contributed by atoms with Crippen LogP contribution in [0.25, 0.3) is 0 Å². The minimum atomic E-state index is 0.0646. The summed E-state index contributed by atoms with van der Waals surface area (Å²) in [4.78, 5) is 8.22. The second kappa shape index (κ2) is 6.94. The molecule has 0 saturated carbocycles. The van der Waals surface area contributed by atoms with Crippen LogP contribution in [-0.4, -0.2) is 15.0 Å². The molecule has 1 aliphatic rings. The minimum absolute atomic E-state index is 0.0646. The quantitative estimate of drug-likeness (QED) is 0.683.